The van der Waals surface area contributed by atoms with Gasteiger partial charge in [-0.3, -0.25) is 4.79 Å². The predicted molar refractivity (Wildman–Crippen MR) is 70.3 cm³/mol. The molecule has 1 aliphatic heterocycles. The van der Waals surface area contributed by atoms with Gasteiger partial charge in [0.25, 0.3) is 5.91 Å². The molecule has 2 unspecified atom stereocenters. The SMILES string of the molecule is CCC(CC)C(Cl)CNC(=O)C1(C)CCCO1. The minimum Gasteiger partial charge on any atom is -0.365 e. The molecule has 0 bridgehead atoms. The van der Waals surface area contributed by atoms with E-state index in [9.17, 15) is 4.79 Å². The summed E-state index contributed by atoms with van der Waals surface area (Å²) < 4.78 is 5.49. The Bertz CT molecular complexity index is 248. The first-order valence-corrected chi connectivity index (χ1v) is 7.03. The Kier molecular flexibility index (Phi) is 5.74. The van der Waals surface area contributed by atoms with E-state index in [1.165, 1.54) is 0 Å². The van der Waals surface area contributed by atoms with Gasteiger partial charge in [-0.1, -0.05) is 26.7 Å². The van der Waals surface area contributed by atoms with Gasteiger partial charge < -0.3 is 10.1 Å². The van der Waals surface area contributed by atoms with Crippen molar-refractivity contribution in [3.63, 3.8) is 0 Å². The Hall–Kier alpha value is -0.280. The second-order valence-corrected chi connectivity index (χ2v) is 5.55. The van der Waals surface area contributed by atoms with E-state index in [4.69, 9.17) is 16.3 Å². The number of ether oxygens (including phenoxy) is 1. The summed E-state index contributed by atoms with van der Waals surface area (Å²) in [5.74, 6) is 0.445. The molecule has 100 valence electrons. The molecule has 17 heavy (non-hydrogen) atoms. The summed E-state index contributed by atoms with van der Waals surface area (Å²) in [6.07, 6.45) is 3.86. The predicted octanol–water partition coefficient (Wildman–Crippen LogP) is 2.72. The summed E-state index contributed by atoms with van der Waals surface area (Å²) in [6.45, 7) is 7.33. The summed E-state index contributed by atoms with van der Waals surface area (Å²) in [5.41, 5.74) is -0.634. The largest absolute Gasteiger partial charge is 0.365 e. The number of halogens is 1. The lowest BCUT2D eigenvalue weighted by atomic mass is 9.98. The molecule has 1 heterocycles. The summed E-state index contributed by atoms with van der Waals surface area (Å²) in [7, 11) is 0. The Balaban J connectivity index is 2.37. The number of hydrogen-bond acceptors (Lipinski definition) is 2. The highest BCUT2D eigenvalue weighted by atomic mass is 35.5. The van der Waals surface area contributed by atoms with E-state index in [1.54, 1.807) is 0 Å². The third kappa shape index (κ3) is 3.85. The second kappa shape index (κ2) is 6.60. The van der Waals surface area contributed by atoms with Gasteiger partial charge in [0.05, 0.1) is 5.38 Å². The van der Waals surface area contributed by atoms with Gasteiger partial charge in [-0.05, 0) is 25.7 Å². The fourth-order valence-corrected chi connectivity index (χ4v) is 2.74. The van der Waals surface area contributed by atoms with Gasteiger partial charge in [0.2, 0.25) is 0 Å². The van der Waals surface area contributed by atoms with E-state index in [-0.39, 0.29) is 11.3 Å². The van der Waals surface area contributed by atoms with Gasteiger partial charge in [0.1, 0.15) is 5.60 Å². The first-order valence-electron chi connectivity index (χ1n) is 6.59. The van der Waals surface area contributed by atoms with Crippen LogP contribution in [0.4, 0.5) is 0 Å². The molecule has 3 nitrogen and oxygen atoms in total. The van der Waals surface area contributed by atoms with Gasteiger partial charge >= 0.3 is 0 Å². The lowest BCUT2D eigenvalue weighted by molar-refractivity contribution is -0.139. The zero-order valence-electron chi connectivity index (χ0n) is 11.1. The number of alkyl halides is 1. The lowest BCUT2D eigenvalue weighted by Gasteiger charge is -2.25. The van der Waals surface area contributed by atoms with Crippen LogP contribution in [0.15, 0.2) is 0 Å². The van der Waals surface area contributed by atoms with Crippen LogP contribution in [-0.2, 0) is 9.53 Å². The highest BCUT2D eigenvalue weighted by molar-refractivity contribution is 6.21. The quantitative estimate of drug-likeness (QED) is 0.747. The average molecular weight is 262 g/mol. The van der Waals surface area contributed by atoms with Crippen molar-refractivity contribution in [2.45, 2.75) is 57.4 Å². The van der Waals surface area contributed by atoms with Crippen LogP contribution in [0.25, 0.3) is 0 Å². The number of nitrogens with one attached hydrogen (secondary N) is 1. The Labute approximate surface area is 109 Å². The second-order valence-electron chi connectivity index (χ2n) is 4.99. The molecule has 4 heteroatoms. The Morgan fingerprint density at radius 3 is 2.59 bits per heavy atom. The summed E-state index contributed by atoms with van der Waals surface area (Å²) in [4.78, 5) is 12.0. The molecular weight excluding hydrogens is 238 g/mol. The van der Waals surface area contributed by atoms with E-state index in [1.807, 2.05) is 6.92 Å². The molecule has 0 aromatic heterocycles. The molecule has 1 aliphatic rings. The number of rotatable bonds is 6. The van der Waals surface area contributed by atoms with Crippen molar-refractivity contribution in [3.05, 3.63) is 0 Å². The van der Waals surface area contributed by atoms with Crippen molar-refractivity contribution in [2.24, 2.45) is 5.92 Å². The van der Waals surface area contributed by atoms with Crippen LogP contribution in [0.5, 0.6) is 0 Å². The van der Waals surface area contributed by atoms with Crippen molar-refractivity contribution < 1.29 is 9.53 Å². The van der Waals surface area contributed by atoms with Gasteiger partial charge in [-0.15, -0.1) is 11.6 Å². The van der Waals surface area contributed by atoms with Crippen molar-refractivity contribution in [1.29, 1.82) is 0 Å². The van der Waals surface area contributed by atoms with Crippen LogP contribution in [0.2, 0.25) is 0 Å². The summed E-state index contributed by atoms with van der Waals surface area (Å²) >= 11 is 6.29. The average Bonchev–Trinajstić information content (AvgIpc) is 2.76. The van der Waals surface area contributed by atoms with Crippen molar-refractivity contribution >= 4 is 17.5 Å². The van der Waals surface area contributed by atoms with Crippen LogP contribution in [0.1, 0.15) is 46.5 Å². The molecule has 1 fully saturated rings. The van der Waals surface area contributed by atoms with Crippen LogP contribution in [0, 0.1) is 5.92 Å². The Morgan fingerprint density at radius 2 is 2.12 bits per heavy atom. The van der Waals surface area contributed by atoms with E-state index < -0.39 is 5.60 Å². The molecule has 0 aliphatic carbocycles. The standard InChI is InChI=1S/C13H24ClNO2/c1-4-10(5-2)11(14)9-15-12(16)13(3)7-6-8-17-13/h10-11H,4-9H2,1-3H3,(H,15,16). The van der Waals surface area contributed by atoms with E-state index in [0.29, 0.717) is 19.1 Å². The zero-order chi connectivity index (χ0) is 12.9. The van der Waals surface area contributed by atoms with Crippen molar-refractivity contribution in [2.75, 3.05) is 13.2 Å². The molecule has 0 saturated carbocycles. The highest BCUT2D eigenvalue weighted by Gasteiger charge is 2.37. The van der Waals surface area contributed by atoms with Crippen LogP contribution in [0.3, 0.4) is 0 Å². The van der Waals surface area contributed by atoms with Gasteiger partial charge in [-0.2, -0.15) is 0 Å². The fourth-order valence-electron chi connectivity index (χ4n) is 2.30. The summed E-state index contributed by atoms with van der Waals surface area (Å²) in [6, 6.07) is 0. The minimum absolute atomic E-state index is 0.0129. The van der Waals surface area contributed by atoms with Crippen LogP contribution in [-0.4, -0.2) is 30.0 Å². The maximum atomic E-state index is 12.0. The third-order valence-electron chi connectivity index (χ3n) is 3.72. The monoisotopic (exact) mass is 261 g/mol. The van der Waals surface area contributed by atoms with E-state index >= 15 is 0 Å². The molecule has 0 aromatic rings. The van der Waals surface area contributed by atoms with Crippen molar-refractivity contribution in [3.8, 4) is 0 Å². The maximum Gasteiger partial charge on any atom is 0.252 e. The summed E-state index contributed by atoms with van der Waals surface area (Å²) in [5, 5.41) is 2.93. The van der Waals surface area contributed by atoms with Crippen molar-refractivity contribution in [1.82, 2.24) is 5.32 Å². The molecule has 1 saturated heterocycles. The first kappa shape index (κ1) is 14.8. The van der Waals surface area contributed by atoms with Gasteiger partial charge in [-0.25, -0.2) is 0 Å². The Morgan fingerprint density at radius 1 is 1.47 bits per heavy atom. The maximum absolute atomic E-state index is 12.0. The minimum atomic E-state index is -0.634. The van der Waals surface area contributed by atoms with Gasteiger partial charge in [0, 0.05) is 13.2 Å². The normalized spacial score (nSPS) is 26.2. The third-order valence-corrected chi connectivity index (χ3v) is 4.23. The fraction of sp³-hybridized carbons (Fsp3) is 0.923. The van der Waals surface area contributed by atoms with Gasteiger partial charge in [0.15, 0.2) is 0 Å². The molecule has 1 rings (SSSR count). The topological polar surface area (TPSA) is 38.3 Å². The molecule has 1 amide bonds. The highest BCUT2D eigenvalue weighted by Crippen LogP contribution is 2.25. The van der Waals surface area contributed by atoms with E-state index in [2.05, 4.69) is 19.2 Å². The van der Waals surface area contributed by atoms with Crippen LogP contribution < -0.4 is 5.32 Å². The van der Waals surface area contributed by atoms with E-state index in [0.717, 1.165) is 25.7 Å². The molecule has 2 atom stereocenters. The lowest BCUT2D eigenvalue weighted by Crippen LogP contribution is -2.46. The number of carbonyl (C=O) groups excluding carboxylic acids is 1. The molecule has 0 aromatic carbocycles. The molecule has 0 radical (unpaired) electrons. The smallest absolute Gasteiger partial charge is 0.252 e. The first-order chi connectivity index (χ1) is 8.03. The molecular formula is C13H24ClNO2. The molecule has 0 spiro atoms. The zero-order valence-corrected chi connectivity index (χ0v) is 11.8. The molecule has 1 N–H and O–H groups in total. The number of amides is 1. The van der Waals surface area contributed by atoms with Crippen LogP contribution >= 0.6 is 11.6 Å². The number of hydrogen-bond donors (Lipinski definition) is 1. The number of carbonyl (C=O) groups is 1.